The fourth-order valence-corrected chi connectivity index (χ4v) is 3.14. The molecule has 2 amide bonds. The van der Waals surface area contributed by atoms with Crippen LogP contribution in [0.5, 0.6) is 5.75 Å². The number of methoxy groups -OCH3 is 1. The van der Waals surface area contributed by atoms with Crippen molar-refractivity contribution in [3.63, 3.8) is 0 Å². The molecule has 0 fully saturated rings. The minimum absolute atomic E-state index is 0.0963. The van der Waals surface area contributed by atoms with Crippen LogP contribution in [0.4, 0.5) is 0 Å². The number of aliphatic imine (C=N–C) groups is 1. The standard InChI is InChI=1S/C22H28BN3O6/c1-14(2)11-19-21(28)25-17(22(29)30-3)5-4-10-31-16-8-6-15(7-9-16)12-18(20(27)26-19)24-13-32-23/h4-9,13-14,17-19H,10-12H2,1-3H3,(H,25,28)(H,26,27)/t17-,18-,19-/m0/s1. The van der Waals surface area contributed by atoms with Crippen LogP contribution in [0.25, 0.3) is 0 Å². The fourth-order valence-electron chi connectivity index (χ4n) is 3.14. The molecule has 32 heavy (non-hydrogen) atoms. The number of hydrogen-bond donors (Lipinski definition) is 2. The van der Waals surface area contributed by atoms with Crippen LogP contribution in [0, 0.1) is 5.92 Å². The Bertz CT molecular complexity index is 841. The highest BCUT2D eigenvalue weighted by molar-refractivity contribution is 6.02. The van der Waals surface area contributed by atoms with Crippen molar-refractivity contribution in [2.45, 2.75) is 44.8 Å². The minimum atomic E-state index is -1.03. The van der Waals surface area contributed by atoms with Gasteiger partial charge in [-0.05, 0) is 36.1 Å². The zero-order valence-corrected chi connectivity index (χ0v) is 18.4. The number of rotatable bonds is 5. The normalized spacial score (nSPS) is 22.3. The second-order valence-corrected chi connectivity index (χ2v) is 7.69. The van der Waals surface area contributed by atoms with Crippen LogP contribution >= 0.6 is 0 Å². The highest BCUT2D eigenvalue weighted by Crippen LogP contribution is 2.15. The summed E-state index contributed by atoms with van der Waals surface area (Å²) in [5.41, 5.74) is 0.838. The van der Waals surface area contributed by atoms with Gasteiger partial charge in [-0.25, -0.2) is 9.79 Å². The Hall–Kier alpha value is -3.30. The third-order valence-electron chi connectivity index (χ3n) is 4.72. The molecule has 2 radical (unpaired) electrons. The van der Waals surface area contributed by atoms with E-state index in [1.165, 1.54) is 13.2 Å². The monoisotopic (exact) mass is 441 g/mol. The summed E-state index contributed by atoms with van der Waals surface area (Å²) in [7, 11) is 6.26. The molecule has 2 bridgehead atoms. The molecular formula is C22H28BN3O6. The topological polar surface area (TPSA) is 115 Å². The number of nitrogens with one attached hydrogen (secondary N) is 2. The summed E-state index contributed by atoms with van der Waals surface area (Å²) in [6, 6.07) is 4.39. The lowest BCUT2D eigenvalue weighted by molar-refractivity contribution is -0.144. The Labute approximate surface area is 189 Å². The third-order valence-corrected chi connectivity index (χ3v) is 4.72. The summed E-state index contributed by atoms with van der Waals surface area (Å²) < 4.78 is 14.8. The van der Waals surface area contributed by atoms with Crippen LogP contribution < -0.4 is 15.4 Å². The molecule has 0 spiro atoms. The van der Waals surface area contributed by atoms with E-state index in [1.807, 2.05) is 26.0 Å². The van der Waals surface area contributed by atoms with Crippen LogP contribution in [0.1, 0.15) is 25.8 Å². The van der Waals surface area contributed by atoms with E-state index in [1.54, 1.807) is 18.2 Å². The van der Waals surface area contributed by atoms with Gasteiger partial charge in [0.25, 0.3) is 0 Å². The first-order chi connectivity index (χ1) is 15.3. The van der Waals surface area contributed by atoms with E-state index in [-0.39, 0.29) is 18.9 Å². The summed E-state index contributed by atoms with van der Waals surface area (Å²) in [4.78, 5) is 42.2. The van der Waals surface area contributed by atoms with Crippen LogP contribution in [0.2, 0.25) is 0 Å². The molecule has 170 valence electrons. The van der Waals surface area contributed by atoms with E-state index in [0.717, 1.165) is 12.0 Å². The van der Waals surface area contributed by atoms with Gasteiger partial charge in [-0.1, -0.05) is 32.1 Å². The molecule has 2 N–H and O–H groups in total. The minimum Gasteiger partial charge on any atom is -0.560 e. The lowest BCUT2D eigenvalue weighted by Crippen LogP contribution is -2.53. The molecule has 0 saturated carbocycles. The predicted octanol–water partition coefficient (Wildman–Crippen LogP) is 0.863. The van der Waals surface area contributed by atoms with Crippen LogP contribution in [-0.2, 0) is 30.2 Å². The summed E-state index contributed by atoms with van der Waals surface area (Å²) in [6.07, 6.45) is 4.71. The average Bonchev–Trinajstić information content (AvgIpc) is 2.77. The Morgan fingerprint density at radius 1 is 1.25 bits per heavy atom. The number of amides is 2. The second kappa shape index (κ2) is 12.5. The Balaban J connectivity index is 2.39. The van der Waals surface area contributed by atoms with Gasteiger partial charge in [0, 0.05) is 6.42 Å². The van der Waals surface area contributed by atoms with Crippen LogP contribution in [0.15, 0.2) is 41.4 Å². The van der Waals surface area contributed by atoms with Gasteiger partial charge in [0.15, 0.2) is 6.40 Å². The van der Waals surface area contributed by atoms with Crippen molar-refractivity contribution in [3.05, 3.63) is 42.0 Å². The van der Waals surface area contributed by atoms with Crippen molar-refractivity contribution < 1.29 is 28.5 Å². The summed E-state index contributed by atoms with van der Waals surface area (Å²) in [6.45, 7) is 4.04. The van der Waals surface area contributed by atoms with Gasteiger partial charge in [-0.15, -0.1) is 0 Å². The molecule has 1 aromatic carbocycles. The lowest BCUT2D eigenvalue weighted by atomic mass is 10.0. The second-order valence-electron chi connectivity index (χ2n) is 7.69. The molecule has 2 heterocycles. The first-order valence-corrected chi connectivity index (χ1v) is 10.3. The highest BCUT2D eigenvalue weighted by atomic mass is 16.5. The molecule has 0 unspecified atom stereocenters. The van der Waals surface area contributed by atoms with E-state index >= 15 is 0 Å². The zero-order valence-electron chi connectivity index (χ0n) is 18.4. The summed E-state index contributed by atoms with van der Waals surface area (Å²) in [5.74, 6) is -0.926. The van der Waals surface area contributed by atoms with Crippen molar-refractivity contribution >= 4 is 32.2 Å². The number of ether oxygens (including phenoxy) is 2. The Kier molecular flexibility index (Phi) is 9.78. The zero-order chi connectivity index (χ0) is 23.5. The molecule has 10 heteroatoms. The lowest BCUT2D eigenvalue weighted by Gasteiger charge is -2.24. The molecule has 3 rings (SSSR count). The quantitative estimate of drug-likeness (QED) is 0.230. The maximum Gasteiger partial charge on any atom is 0.375 e. The SMILES string of the molecule is [B]OC=N[C@H]1Cc2ccc(cc2)OCC=C[C@@H](C(=O)OC)NC(=O)[C@H](CC(C)C)NC1=O. The van der Waals surface area contributed by atoms with Crippen LogP contribution in [-0.4, -0.2) is 64.1 Å². The third kappa shape index (κ3) is 7.75. The number of hydrogen-bond acceptors (Lipinski definition) is 7. The van der Waals surface area contributed by atoms with Gasteiger partial charge in [-0.3, -0.25) is 9.59 Å². The molecule has 2 aliphatic rings. The fraction of sp³-hybridized carbons (Fsp3) is 0.455. The smallest absolute Gasteiger partial charge is 0.375 e. The first-order valence-electron chi connectivity index (χ1n) is 10.3. The van der Waals surface area contributed by atoms with Crippen LogP contribution in [0.3, 0.4) is 0 Å². The first kappa shape index (κ1) is 25.0. The van der Waals surface area contributed by atoms with Gasteiger partial charge in [-0.2, -0.15) is 0 Å². The summed E-state index contributed by atoms with van der Waals surface area (Å²) in [5, 5.41) is 5.37. The van der Waals surface area contributed by atoms with E-state index < -0.39 is 35.9 Å². The van der Waals surface area contributed by atoms with Crippen molar-refractivity contribution in [3.8, 4) is 5.75 Å². The van der Waals surface area contributed by atoms with E-state index in [0.29, 0.717) is 12.2 Å². The van der Waals surface area contributed by atoms with Crippen molar-refractivity contribution in [1.29, 1.82) is 0 Å². The number of benzene rings is 1. The number of esters is 1. The average molecular weight is 441 g/mol. The van der Waals surface area contributed by atoms with Gasteiger partial charge < -0.3 is 24.8 Å². The molecule has 9 nitrogen and oxygen atoms in total. The van der Waals surface area contributed by atoms with Crippen molar-refractivity contribution in [2.75, 3.05) is 13.7 Å². The van der Waals surface area contributed by atoms with Gasteiger partial charge >= 0.3 is 14.0 Å². The molecule has 2 aliphatic heterocycles. The largest absolute Gasteiger partial charge is 0.560 e. The maximum absolute atomic E-state index is 13.0. The number of nitrogens with zero attached hydrogens (tertiary/aromatic N) is 1. The van der Waals surface area contributed by atoms with Gasteiger partial charge in [0.2, 0.25) is 11.8 Å². The predicted molar refractivity (Wildman–Crippen MR) is 119 cm³/mol. The van der Waals surface area contributed by atoms with Gasteiger partial charge in [0.05, 0.1) is 7.11 Å². The number of fused-ring (bicyclic) bond motifs is 12. The van der Waals surface area contributed by atoms with Gasteiger partial charge in [0.1, 0.15) is 30.5 Å². The van der Waals surface area contributed by atoms with E-state index in [4.69, 9.17) is 17.5 Å². The molecule has 0 saturated heterocycles. The molecule has 3 atom stereocenters. The van der Waals surface area contributed by atoms with E-state index in [9.17, 15) is 14.4 Å². The Morgan fingerprint density at radius 3 is 2.59 bits per heavy atom. The highest BCUT2D eigenvalue weighted by Gasteiger charge is 2.29. The van der Waals surface area contributed by atoms with E-state index in [2.05, 4.69) is 20.3 Å². The van der Waals surface area contributed by atoms with Crippen molar-refractivity contribution in [2.24, 2.45) is 10.9 Å². The molecular weight excluding hydrogens is 413 g/mol. The maximum atomic E-state index is 13.0. The summed E-state index contributed by atoms with van der Waals surface area (Å²) >= 11 is 0. The number of carbonyl (C=O) groups is 3. The number of carbonyl (C=O) groups excluding carboxylic acids is 3. The molecule has 0 aromatic heterocycles. The molecule has 1 aromatic rings. The Morgan fingerprint density at radius 2 is 1.97 bits per heavy atom. The molecule has 0 aliphatic carbocycles. The van der Waals surface area contributed by atoms with Crippen molar-refractivity contribution in [1.82, 2.24) is 10.6 Å².